The normalized spacial score (nSPS) is 10.5. The number of carbonyl (C=O) groups is 1. The summed E-state index contributed by atoms with van der Waals surface area (Å²) in [7, 11) is 0. The van der Waals surface area contributed by atoms with Crippen molar-refractivity contribution in [2.75, 3.05) is 0 Å². The molecule has 0 aromatic heterocycles. The van der Waals surface area contributed by atoms with Gasteiger partial charge >= 0.3 is 0 Å². The van der Waals surface area contributed by atoms with Gasteiger partial charge in [0, 0.05) is 0 Å². The molecule has 3 rings (SSSR count). The fourth-order valence-corrected chi connectivity index (χ4v) is 2.64. The van der Waals surface area contributed by atoms with E-state index in [-0.39, 0.29) is 11.9 Å². The number of hydrogen-bond donors (Lipinski definition) is 1. The number of nitrogens with one attached hydrogen (secondary N) is 1. The zero-order valence-corrected chi connectivity index (χ0v) is 12.9. The molecule has 0 saturated carbocycles. The number of benzene rings is 3. The van der Waals surface area contributed by atoms with Gasteiger partial charge in [-0.3, -0.25) is 4.79 Å². The molecule has 0 saturated heterocycles. The Bertz CT molecular complexity index is 699. The molecule has 0 atom stereocenters. The number of hydrogen-bond acceptors (Lipinski definition) is 1. The van der Waals surface area contributed by atoms with E-state index in [1.165, 1.54) is 0 Å². The summed E-state index contributed by atoms with van der Waals surface area (Å²) < 4.78 is 0. The highest BCUT2D eigenvalue weighted by molar-refractivity contribution is 5.79. The van der Waals surface area contributed by atoms with Crippen molar-refractivity contribution < 1.29 is 4.79 Å². The first-order chi connectivity index (χ1) is 11.3. The highest BCUT2D eigenvalue weighted by Gasteiger charge is 2.16. The highest BCUT2D eigenvalue weighted by Crippen LogP contribution is 2.21. The van der Waals surface area contributed by atoms with E-state index in [2.05, 4.69) is 5.32 Å². The van der Waals surface area contributed by atoms with Crippen molar-refractivity contribution in [2.45, 2.75) is 12.5 Å². The van der Waals surface area contributed by atoms with Crippen LogP contribution in [0.2, 0.25) is 0 Å². The van der Waals surface area contributed by atoms with Gasteiger partial charge in [-0.1, -0.05) is 91.0 Å². The molecule has 3 aromatic carbocycles. The van der Waals surface area contributed by atoms with Crippen molar-refractivity contribution in [3.05, 3.63) is 108 Å². The van der Waals surface area contributed by atoms with Crippen molar-refractivity contribution in [3.8, 4) is 0 Å². The van der Waals surface area contributed by atoms with Crippen LogP contribution in [0.3, 0.4) is 0 Å². The number of carbonyl (C=O) groups excluding carboxylic acids is 1. The fraction of sp³-hybridized carbons (Fsp3) is 0.0952. The lowest BCUT2D eigenvalue weighted by atomic mass is 9.98. The Morgan fingerprint density at radius 2 is 1.13 bits per heavy atom. The molecule has 0 aliphatic heterocycles. The van der Waals surface area contributed by atoms with Crippen LogP contribution >= 0.6 is 0 Å². The van der Waals surface area contributed by atoms with Crippen molar-refractivity contribution >= 4 is 5.91 Å². The van der Waals surface area contributed by atoms with E-state index < -0.39 is 0 Å². The second-order valence-electron chi connectivity index (χ2n) is 5.48. The Kier molecular flexibility index (Phi) is 4.85. The van der Waals surface area contributed by atoms with Crippen LogP contribution in [0.4, 0.5) is 0 Å². The minimum absolute atomic E-state index is 0.0221. The van der Waals surface area contributed by atoms with Crippen molar-refractivity contribution in [1.29, 1.82) is 0 Å². The van der Waals surface area contributed by atoms with E-state index in [1.54, 1.807) is 0 Å². The molecule has 0 fully saturated rings. The standard InChI is InChI=1S/C21H19NO/c23-20(16-17-10-4-1-5-11-17)22-21(18-12-6-2-7-13-18)19-14-8-3-9-15-19/h1-15,21H,16H2,(H,22,23). The van der Waals surface area contributed by atoms with Gasteiger partial charge in [-0.25, -0.2) is 0 Å². The monoisotopic (exact) mass is 301 g/mol. The molecule has 0 aliphatic carbocycles. The predicted molar refractivity (Wildman–Crippen MR) is 93.0 cm³/mol. The first-order valence-electron chi connectivity index (χ1n) is 7.76. The zero-order chi connectivity index (χ0) is 15.9. The molecule has 2 nitrogen and oxygen atoms in total. The summed E-state index contributed by atoms with van der Waals surface area (Å²) >= 11 is 0. The molecule has 114 valence electrons. The molecule has 0 unspecified atom stereocenters. The van der Waals surface area contributed by atoms with Gasteiger partial charge in [-0.05, 0) is 16.7 Å². The topological polar surface area (TPSA) is 29.1 Å². The predicted octanol–water partition coefficient (Wildman–Crippen LogP) is 4.13. The maximum absolute atomic E-state index is 12.5. The number of rotatable bonds is 5. The molecule has 3 aromatic rings. The summed E-state index contributed by atoms with van der Waals surface area (Å²) in [6.45, 7) is 0. The summed E-state index contributed by atoms with van der Waals surface area (Å²) in [5, 5.41) is 3.16. The average molecular weight is 301 g/mol. The van der Waals surface area contributed by atoms with Crippen LogP contribution in [-0.4, -0.2) is 5.91 Å². The maximum atomic E-state index is 12.5. The summed E-state index contributed by atoms with van der Waals surface area (Å²) in [5.74, 6) is 0.0221. The molecule has 0 radical (unpaired) electrons. The third-order valence-electron chi connectivity index (χ3n) is 3.78. The van der Waals surface area contributed by atoms with E-state index in [4.69, 9.17) is 0 Å². The molecule has 23 heavy (non-hydrogen) atoms. The molecule has 0 aliphatic rings. The average Bonchev–Trinajstić information content (AvgIpc) is 2.62. The van der Waals surface area contributed by atoms with E-state index in [1.807, 2.05) is 91.0 Å². The van der Waals surface area contributed by atoms with Gasteiger partial charge in [0.15, 0.2) is 0 Å². The first-order valence-corrected chi connectivity index (χ1v) is 7.76. The van der Waals surface area contributed by atoms with Crippen molar-refractivity contribution in [3.63, 3.8) is 0 Å². The largest absolute Gasteiger partial charge is 0.345 e. The Balaban J connectivity index is 1.81. The van der Waals surface area contributed by atoms with Crippen LogP contribution in [0.1, 0.15) is 22.7 Å². The summed E-state index contributed by atoms with van der Waals surface area (Å²) in [6, 6.07) is 29.8. The smallest absolute Gasteiger partial charge is 0.225 e. The Hall–Kier alpha value is -2.87. The second kappa shape index (κ2) is 7.41. The first kappa shape index (κ1) is 15.0. The summed E-state index contributed by atoms with van der Waals surface area (Å²) in [5.41, 5.74) is 3.19. The van der Waals surface area contributed by atoms with Gasteiger partial charge < -0.3 is 5.32 Å². The SMILES string of the molecule is O=C(Cc1ccccc1)NC(c1ccccc1)c1ccccc1. The minimum Gasteiger partial charge on any atom is -0.345 e. The molecule has 1 N–H and O–H groups in total. The van der Waals surface area contributed by atoms with Crippen LogP contribution in [0, 0.1) is 0 Å². The lowest BCUT2D eigenvalue weighted by Gasteiger charge is -2.20. The Morgan fingerprint density at radius 3 is 1.61 bits per heavy atom. The van der Waals surface area contributed by atoms with E-state index >= 15 is 0 Å². The van der Waals surface area contributed by atoms with E-state index in [9.17, 15) is 4.79 Å². The van der Waals surface area contributed by atoms with Gasteiger partial charge in [0.2, 0.25) is 5.91 Å². The molecule has 0 bridgehead atoms. The summed E-state index contributed by atoms with van der Waals surface area (Å²) in [4.78, 5) is 12.5. The Labute approximate surface area is 136 Å². The lowest BCUT2D eigenvalue weighted by Crippen LogP contribution is -2.30. The minimum atomic E-state index is -0.131. The quantitative estimate of drug-likeness (QED) is 0.754. The second-order valence-corrected chi connectivity index (χ2v) is 5.48. The third-order valence-corrected chi connectivity index (χ3v) is 3.78. The van der Waals surface area contributed by atoms with Gasteiger partial charge in [-0.2, -0.15) is 0 Å². The van der Waals surface area contributed by atoms with Crippen molar-refractivity contribution in [2.24, 2.45) is 0 Å². The van der Waals surface area contributed by atoms with Crippen LogP contribution in [-0.2, 0) is 11.2 Å². The number of amides is 1. The molecular formula is C21H19NO. The van der Waals surface area contributed by atoms with Gasteiger partial charge in [-0.15, -0.1) is 0 Å². The van der Waals surface area contributed by atoms with Crippen LogP contribution in [0.15, 0.2) is 91.0 Å². The van der Waals surface area contributed by atoms with Crippen molar-refractivity contribution in [1.82, 2.24) is 5.32 Å². The lowest BCUT2D eigenvalue weighted by molar-refractivity contribution is -0.120. The Morgan fingerprint density at radius 1 is 0.696 bits per heavy atom. The van der Waals surface area contributed by atoms with Crippen LogP contribution in [0.5, 0.6) is 0 Å². The molecule has 1 amide bonds. The maximum Gasteiger partial charge on any atom is 0.225 e. The molecular weight excluding hydrogens is 282 g/mol. The van der Waals surface area contributed by atoms with E-state index in [0.717, 1.165) is 16.7 Å². The van der Waals surface area contributed by atoms with Gasteiger partial charge in [0.1, 0.15) is 0 Å². The van der Waals surface area contributed by atoms with Crippen LogP contribution in [0.25, 0.3) is 0 Å². The highest BCUT2D eigenvalue weighted by atomic mass is 16.1. The molecule has 0 spiro atoms. The fourth-order valence-electron chi connectivity index (χ4n) is 2.64. The molecule has 0 heterocycles. The van der Waals surface area contributed by atoms with Crippen LogP contribution < -0.4 is 5.32 Å². The molecule has 2 heteroatoms. The zero-order valence-electron chi connectivity index (χ0n) is 12.9. The van der Waals surface area contributed by atoms with Gasteiger partial charge in [0.05, 0.1) is 12.5 Å². The summed E-state index contributed by atoms with van der Waals surface area (Å²) in [6.07, 6.45) is 0.386. The third kappa shape index (κ3) is 4.07. The van der Waals surface area contributed by atoms with E-state index in [0.29, 0.717) is 6.42 Å². The van der Waals surface area contributed by atoms with Gasteiger partial charge in [0.25, 0.3) is 0 Å².